The van der Waals surface area contributed by atoms with Crippen LogP contribution in [0.15, 0.2) is 48.5 Å². The van der Waals surface area contributed by atoms with Crippen LogP contribution in [0.4, 0.5) is 5.69 Å². The van der Waals surface area contributed by atoms with Gasteiger partial charge in [-0.1, -0.05) is 48.0 Å². The Morgan fingerprint density at radius 3 is 2.37 bits per heavy atom. The summed E-state index contributed by atoms with van der Waals surface area (Å²) in [5, 5.41) is 11.6. The highest BCUT2D eigenvalue weighted by molar-refractivity contribution is 6.31. The highest BCUT2D eigenvalue weighted by atomic mass is 35.5. The first-order valence-corrected chi connectivity index (χ1v) is 9.86. The number of carbonyl (C=O) groups excluding carboxylic acids is 2. The molecule has 1 unspecified atom stereocenters. The van der Waals surface area contributed by atoms with Crippen LogP contribution in [0.25, 0.3) is 0 Å². The molecule has 1 aliphatic rings. The number of ether oxygens (including phenoxy) is 1. The number of nitro benzene ring substituents is 1. The van der Waals surface area contributed by atoms with E-state index in [1.54, 1.807) is 41.3 Å². The lowest BCUT2D eigenvalue weighted by atomic mass is 10.0. The van der Waals surface area contributed by atoms with Crippen molar-refractivity contribution in [1.29, 1.82) is 0 Å². The van der Waals surface area contributed by atoms with Crippen LogP contribution in [-0.4, -0.2) is 59.9 Å². The zero-order valence-corrected chi connectivity index (χ0v) is 17.2. The van der Waals surface area contributed by atoms with Gasteiger partial charge in [0.05, 0.1) is 18.5 Å². The van der Waals surface area contributed by atoms with E-state index in [9.17, 15) is 19.7 Å². The van der Waals surface area contributed by atoms with Crippen molar-refractivity contribution in [2.75, 3.05) is 33.3 Å². The fraction of sp³-hybridized carbons (Fsp3) is 0.333. The minimum Gasteiger partial charge on any atom is -0.468 e. The summed E-state index contributed by atoms with van der Waals surface area (Å²) in [5.74, 6) is -0.598. The molecule has 0 aliphatic carbocycles. The molecule has 0 bridgehead atoms. The summed E-state index contributed by atoms with van der Waals surface area (Å²) in [5.41, 5.74) is 0.984. The smallest absolute Gasteiger partial charge is 0.327 e. The highest BCUT2D eigenvalue weighted by Crippen LogP contribution is 2.29. The maximum atomic E-state index is 12.7. The number of para-hydroxylation sites is 1. The Morgan fingerprint density at radius 1 is 1.10 bits per heavy atom. The van der Waals surface area contributed by atoms with Crippen LogP contribution in [0.2, 0.25) is 5.02 Å². The van der Waals surface area contributed by atoms with Crippen molar-refractivity contribution < 1.29 is 19.2 Å². The number of benzene rings is 2. The van der Waals surface area contributed by atoms with Crippen LogP contribution in [0.3, 0.4) is 0 Å². The molecule has 1 heterocycles. The molecule has 0 radical (unpaired) electrons. The van der Waals surface area contributed by atoms with Crippen molar-refractivity contribution in [2.45, 2.75) is 12.5 Å². The molecular formula is C21H22ClN3O5. The Hall–Kier alpha value is -2.97. The lowest BCUT2D eigenvalue weighted by Crippen LogP contribution is -2.51. The number of hydrogen-bond donors (Lipinski definition) is 0. The van der Waals surface area contributed by atoms with Crippen molar-refractivity contribution in [2.24, 2.45) is 0 Å². The Balaban J connectivity index is 1.69. The first-order chi connectivity index (χ1) is 14.4. The summed E-state index contributed by atoms with van der Waals surface area (Å²) < 4.78 is 4.98. The molecule has 1 aliphatic heterocycles. The second-order valence-corrected chi connectivity index (χ2v) is 7.33. The van der Waals surface area contributed by atoms with Crippen LogP contribution >= 0.6 is 11.6 Å². The summed E-state index contributed by atoms with van der Waals surface area (Å²) in [7, 11) is 1.33. The van der Waals surface area contributed by atoms with E-state index in [1.165, 1.54) is 13.2 Å². The first-order valence-electron chi connectivity index (χ1n) is 9.48. The van der Waals surface area contributed by atoms with E-state index >= 15 is 0 Å². The molecule has 1 fully saturated rings. The molecule has 0 N–H and O–H groups in total. The summed E-state index contributed by atoms with van der Waals surface area (Å²) in [6, 6.07) is 12.7. The number of esters is 1. The highest BCUT2D eigenvalue weighted by Gasteiger charge is 2.33. The van der Waals surface area contributed by atoms with E-state index in [0.717, 1.165) is 0 Å². The maximum Gasteiger partial charge on any atom is 0.327 e. The average molecular weight is 432 g/mol. The molecule has 0 aromatic heterocycles. The van der Waals surface area contributed by atoms with Gasteiger partial charge in [-0.05, 0) is 11.6 Å². The van der Waals surface area contributed by atoms with Gasteiger partial charge in [0, 0.05) is 42.8 Å². The number of nitro groups is 1. The number of hydrogen-bond acceptors (Lipinski definition) is 6. The fourth-order valence-electron chi connectivity index (χ4n) is 3.62. The maximum absolute atomic E-state index is 12.7. The van der Waals surface area contributed by atoms with Crippen molar-refractivity contribution in [3.63, 3.8) is 0 Å². The third-order valence-corrected chi connectivity index (χ3v) is 5.53. The number of nitrogens with zero attached hydrogens (tertiary/aromatic N) is 3. The number of halogens is 1. The van der Waals surface area contributed by atoms with E-state index in [2.05, 4.69) is 0 Å². The van der Waals surface area contributed by atoms with E-state index in [0.29, 0.717) is 42.3 Å². The summed E-state index contributed by atoms with van der Waals surface area (Å²) in [4.78, 5) is 39.4. The monoisotopic (exact) mass is 431 g/mol. The predicted octanol–water partition coefficient (Wildman–Crippen LogP) is 2.85. The van der Waals surface area contributed by atoms with Gasteiger partial charge in [0.25, 0.3) is 5.69 Å². The van der Waals surface area contributed by atoms with Crippen LogP contribution < -0.4 is 0 Å². The SMILES string of the molecule is COC(=O)C(c1ccccc1Cl)N1CCN(C(=O)Cc2ccccc2[N+](=O)[O-])CC1. The Labute approximate surface area is 179 Å². The van der Waals surface area contributed by atoms with Crippen LogP contribution in [0.5, 0.6) is 0 Å². The van der Waals surface area contributed by atoms with Gasteiger partial charge >= 0.3 is 5.97 Å². The van der Waals surface area contributed by atoms with Crippen LogP contribution in [-0.2, 0) is 20.7 Å². The van der Waals surface area contributed by atoms with E-state index in [4.69, 9.17) is 16.3 Å². The molecule has 0 saturated carbocycles. The zero-order chi connectivity index (χ0) is 21.7. The van der Waals surface area contributed by atoms with Gasteiger partial charge in [0.1, 0.15) is 6.04 Å². The second kappa shape index (κ2) is 9.69. The Morgan fingerprint density at radius 2 is 1.73 bits per heavy atom. The molecule has 158 valence electrons. The van der Waals surface area contributed by atoms with Crippen molar-refractivity contribution in [1.82, 2.24) is 9.80 Å². The molecule has 2 aromatic rings. The normalized spacial score (nSPS) is 15.5. The molecule has 2 aromatic carbocycles. The quantitative estimate of drug-likeness (QED) is 0.396. The number of methoxy groups -OCH3 is 1. The molecule has 8 nitrogen and oxygen atoms in total. The van der Waals surface area contributed by atoms with Crippen LogP contribution in [0.1, 0.15) is 17.2 Å². The van der Waals surface area contributed by atoms with Gasteiger partial charge in [-0.3, -0.25) is 19.8 Å². The molecule has 1 saturated heterocycles. The minimum absolute atomic E-state index is 0.0396. The molecule has 9 heteroatoms. The van der Waals surface area contributed by atoms with Gasteiger partial charge in [-0.15, -0.1) is 0 Å². The van der Waals surface area contributed by atoms with Gasteiger partial charge < -0.3 is 9.64 Å². The predicted molar refractivity (Wildman–Crippen MR) is 111 cm³/mol. The second-order valence-electron chi connectivity index (χ2n) is 6.93. The third-order valence-electron chi connectivity index (χ3n) is 5.19. The van der Waals surface area contributed by atoms with Gasteiger partial charge in [0.15, 0.2) is 0 Å². The Bertz CT molecular complexity index is 944. The van der Waals surface area contributed by atoms with E-state index < -0.39 is 16.9 Å². The van der Waals surface area contributed by atoms with Gasteiger partial charge in [-0.2, -0.15) is 0 Å². The lowest BCUT2D eigenvalue weighted by molar-refractivity contribution is -0.385. The lowest BCUT2D eigenvalue weighted by Gasteiger charge is -2.38. The van der Waals surface area contributed by atoms with E-state index in [-0.39, 0.29) is 18.0 Å². The number of piperazine rings is 1. The number of amides is 1. The molecule has 3 rings (SSSR count). The largest absolute Gasteiger partial charge is 0.468 e. The minimum atomic E-state index is -0.656. The fourth-order valence-corrected chi connectivity index (χ4v) is 3.86. The molecule has 30 heavy (non-hydrogen) atoms. The number of carbonyl (C=O) groups is 2. The van der Waals surface area contributed by atoms with Gasteiger partial charge in [0.2, 0.25) is 5.91 Å². The third kappa shape index (κ3) is 4.77. The average Bonchev–Trinajstić information content (AvgIpc) is 2.75. The summed E-state index contributed by atoms with van der Waals surface area (Å²) >= 11 is 6.30. The summed E-state index contributed by atoms with van der Waals surface area (Å²) in [6.07, 6.45) is -0.0396. The first kappa shape index (κ1) is 21.7. The van der Waals surface area contributed by atoms with Crippen molar-refractivity contribution in [3.05, 3.63) is 74.8 Å². The molecular weight excluding hydrogens is 410 g/mol. The van der Waals surface area contributed by atoms with Gasteiger partial charge in [-0.25, -0.2) is 4.79 Å². The topological polar surface area (TPSA) is 93.0 Å². The molecule has 1 amide bonds. The summed E-state index contributed by atoms with van der Waals surface area (Å²) in [6.45, 7) is 1.70. The standard InChI is InChI=1S/C21H22ClN3O5/c1-30-21(27)20(16-7-3-4-8-17(16)22)24-12-10-23(11-13-24)19(26)14-15-6-2-5-9-18(15)25(28)29/h2-9,20H,10-14H2,1H3. The number of rotatable bonds is 6. The Kier molecular flexibility index (Phi) is 7.02. The van der Waals surface area contributed by atoms with E-state index in [1.807, 2.05) is 11.0 Å². The zero-order valence-electron chi connectivity index (χ0n) is 16.5. The molecule has 0 spiro atoms. The molecule has 1 atom stereocenters. The van der Waals surface area contributed by atoms with Crippen molar-refractivity contribution >= 4 is 29.2 Å². The van der Waals surface area contributed by atoms with Crippen molar-refractivity contribution in [3.8, 4) is 0 Å². The van der Waals surface area contributed by atoms with Crippen LogP contribution in [0, 0.1) is 10.1 Å².